The molecule has 1 rings (SSSR count). The molecule has 2 nitrogen and oxygen atoms in total. The van der Waals surface area contributed by atoms with E-state index in [2.05, 4.69) is 37.9 Å². The summed E-state index contributed by atoms with van der Waals surface area (Å²) in [6.07, 6.45) is 8.34. The first-order valence-electron chi connectivity index (χ1n) is 8.70. The Kier molecular flexibility index (Phi) is 8.72. The topological polar surface area (TPSA) is 15.3 Å². The molecule has 2 heteroatoms. The SMILES string of the molecule is CCNC1CCCCC1CN(CC)CC(CC)CC. The van der Waals surface area contributed by atoms with Crippen LogP contribution in [-0.2, 0) is 0 Å². The fraction of sp³-hybridized carbons (Fsp3) is 1.00. The van der Waals surface area contributed by atoms with Gasteiger partial charge in [0.25, 0.3) is 0 Å². The summed E-state index contributed by atoms with van der Waals surface area (Å²) >= 11 is 0. The molecule has 1 saturated carbocycles. The van der Waals surface area contributed by atoms with Crippen molar-refractivity contribution in [3.63, 3.8) is 0 Å². The summed E-state index contributed by atoms with van der Waals surface area (Å²) in [5.41, 5.74) is 0. The molecule has 1 fully saturated rings. The van der Waals surface area contributed by atoms with Crippen LogP contribution in [0.1, 0.15) is 66.2 Å². The minimum Gasteiger partial charge on any atom is -0.314 e. The second-order valence-corrected chi connectivity index (χ2v) is 6.24. The van der Waals surface area contributed by atoms with Crippen LogP contribution in [0.3, 0.4) is 0 Å². The van der Waals surface area contributed by atoms with Gasteiger partial charge in [0, 0.05) is 19.1 Å². The average molecular weight is 268 g/mol. The molecule has 1 aliphatic carbocycles. The first-order valence-corrected chi connectivity index (χ1v) is 8.70. The minimum atomic E-state index is 0.773. The highest BCUT2D eigenvalue weighted by atomic mass is 15.1. The molecule has 1 aliphatic rings. The molecule has 0 aromatic rings. The molecule has 0 spiro atoms. The maximum Gasteiger partial charge on any atom is 0.0107 e. The molecule has 2 atom stereocenters. The van der Waals surface area contributed by atoms with E-state index >= 15 is 0 Å². The van der Waals surface area contributed by atoms with Gasteiger partial charge in [-0.25, -0.2) is 0 Å². The second kappa shape index (κ2) is 9.77. The zero-order chi connectivity index (χ0) is 14.1. The Hall–Kier alpha value is -0.0800. The van der Waals surface area contributed by atoms with E-state index in [9.17, 15) is 0 Å². The third kappa shape index (κ3) is 5.83. The van der Waals surface area contributed by atoms with Crippen LogP contribution >= 0.6 is 0 Å². The van der Waals surface area contributed by atoms with Crippen molar-refractivity contribution in [3.8, 4) is 0 Å². The predicted octanol–water partition coefficient (Wildman–Crippen LogP) is 3.91. The van der Waals surface area contributed by atoms with Gasteiger partial charge in [0.15, 0.2) is 0 Å². The zero-order valence-electron chi connectivity index (χ0n) is 13.8. The Bertz CT molecular complexity index is 211. The number of hydrogen-bond donors (Lipinski definition) is 1. The van der Waals surface area contributed by atoms with E-state index < -0.39 is 0 Å². The summed E-state index contributed by atoms with van der Waals surface area (Å²) in [4.78, 5) is 2.71. The maximum absolute atomic E-state index is 3.72. The van der Waals surface area contributed by atoms with Gasteiger partial charge in [-0.05, 0) is 37.8 Å². The average Bonchev–Trinajstić information content (AvgIpc) is 2.45. The molecule has 0 bridgehead atoms. The van der Waals surface area contributed by atoms with Crippen LogP contribution in [0.2, 0.25) is 0 Å². The summed E-state index contributed by atoms with van der Waals surface area (Å²) in [5.74, 6) is 1.77. The van der Waals surface area contributed by atoms with Crippen molar-refractivity contribution in [2.75, 3.05) is 26.2 Å². The zero-order valence-corrected chi connectivity index (χ0v) is 13.8. The van der Waals surface area contributed by atoms with E-state index in [4.69, 9.17) is 0 Å². The van der Waals surface area contributed by atoms with Crippen molar-refractivity contribution in [2.24, 2.45) is 11.8 Å². The van der Waals surface area contributed by atoms with E-state index in [1.807, 2.05) is 0 Å². The fourth-order valence-electron chi connectivity index (χ4n) is 3.53. The van der Waals surface area contributed by atoms with Gasteiger partial charge in [-0.2, -0.15) is 0 Å². The van der Waals surface area contributed by atoms with Gasteiger partial charge in [-0.1, -0.05) is 53.4 Å². The monoisotopic (exact) mass is 268 g/mol. The highest BCUT2D eigenvalue weighted by molar-refractivity contribution is 4.83. The molecule has 19 heavy (non-hydrogen) atoms. The first-order chi connectivity index (χ1) is 9.24. The Balaban J connectivity index is 2.47. The largest absolute Gasteiger partial charge is 0.314 e. The third-order valence-electron chi connectivity index (χ3n) is 4.99. The number of nitrogens with one attached hydrogen (secondary N) is 1. The van der Waals surface area contributed by atoms with E-state index in [0.717, 1.165) is 24.4 Å². The Morgan fingerprint density at radius 1 is 1.05 bits per heavy atom. The molecule has 0 heterocycles. The van der Waals surface area contributed by atoms with Crippen LogP contribution in [-0.4, -0.2) is 37.1 Å². The van der Waals surface area contributed by atoms with Gasteiger partial charge in [-0.15, -0.1) is 0 Å². The lowest BCUT2D eigenvalue weighted by Gasteiger charge is -2.36. The summed E-state index contributed by atoms with van der Waals surface area (Å²) in [6.45, 7) is 14.2. The molecular formula is C17H36N2. The Labute approximate surface area is 121 Å². The molecule has 2 unspecified atom stereocenters. The van der Waals surface area contributed by atoms with Crippen molar-refractivity contribution < 1.29 is 0 Å². The van der Waals surface area contributed by atoms with Crippen molar-refractivity contribution in [1.29, 1.82) is 0 Å². The maximum atomic E-state index is 3.72. The number of nitrogens with zero attached hydrogens (tertiary/aromatic N) is 1. The molecule has 0 aromatic carbocycles. The summed E-state index contributed by atoms with van der Waals surface area (Å²) < 4.78 is 0. The molecule has 0 aromatic heterocycles. The number of hydrogen-bond acceptors (Lipinski definition) is 2. The fourth-order valence-corrected chi connectivity index (χ4v) is 3.53. The quantitative estimate of drug-likeness (QED) is 0.682. The Morgan fingerprint density at radius 2 is 1.74 bits per heavy atom. The van der Waals surface area contributed by atoms with Crippen LogP contribution in [0.15, 0.2) is 0 Å². The Morgan fingerprint density at radius 3 is 2.32 bits per heavy atom. The van der Waals surface area contributed by atoms with Crippen molar-refractivity contribution in [3.05, 3.63) is 0 Å². The lowest BCUT2D eigenvalue weighted by molar-refractivity contribution is 0.154. The van der Waals surface area contributed by atoms with Crippen molar-refractivity contribution in [2.45, 2.75) is 72.3 Å². The standard InChI is InChI=1S/C17H36N2/c1-5-15(6-2)13-19(8-4)14-16-11-9-10-12-17(16)18-7-3/h15-18H,5-14H2,1-4H3. The molecule has 0 radical (unpaired) electrons. The minimum absolute atomic E-state index is 0.773. The van der Waals surface area contributed by atoms with Gasteiger partial charge in [0.2, 0.25) is 0 Å². The lowest BCUT2D eigenvalue weighted by Crippen LogP contribution is -2.45. The van der Waals surface area contributed by atoms with Crippen LogP contribution < -0.4 is 5.32 Å². The molecule has 114 valence electrons. The van der Waals surface area contributed by atoms with E-state index in [0.29, 0.717) is 0 Å². The van der Waals surface area contributed by atoms with Crippen LogP contribution in [0, 0.1) is 11.8 Å². The molecule has 1 N–H and O–H groups in total. The van der Waals surface area contributed by atoms with E-state index in [-0.39, 0.29) is 0 Å². The van der Waals surface area contributed by atoms with E-state index in [1.165, 1.54) is 58.2 Å². The van der Waals surface area contributed by atoms with Crippen LogP contribution in [0.4, 0.5) is 0 Å². The first kappa shape index (κ1) is 17.0. The predicted molar refractivity (Wildman–Crippen MR) is 85.6 cm³/mol. The van der Waals surface area contributed by atoms with Crippen LogP contribution in [0.5, 0.6) is 0 Å². The highest BCUT2D eigenvalue weighted by Gasteiger charge is 2.26. The molecule has 0 saturated heterocycles. The van der Waals surface area contributed by atoms with Gasteiger partial charge >= 0.3 is 0 Å². The van der Waals surface area contributed by atoms with Gasteiger partial charge in [0.05, 0.1) is 0 Å². The molecule has 0 amide bonds. The van der Waals surface area contributed by atoms with E-state index in [1.54, 1.807) is 0 Å². The second-order valence-electron chi connectivity index (χ2n) is 6.24. The molecular weight excluding hydrogens is 232 g/mol. The van der Waals surface area contributed by atoms with Crippen molar-refractivity contribution >= 4 is 0 Å². The number of rotatable bonds is 9. The smallest absolute Gasteiger partial charge is 0.0107 e. The van der Waals surface area contributed by atoms with Gasteiger partial charge in [0.1, 0.15) is 0 Å². The van der Waals surface area contributed by atoms with Gasteiger partial charge < -0.3 is 10.2 Å². The summed E-state index contributed by atoms with van der Waals surface area (Å²) in [6, 6.07) is 0.773. The highest BCUT2D eigenvalue weighted by Crippen LogP contribution is 2.26. The van der Waals surface area contributed by atoms with Crippen LogP contribution in [0.25, 0.3) is 0 Å². The summed E-state index contributed by atoms with van der Waals surface area (Å²) in [5, 5.41) is 3.72. The summed E-state index contributed by atoms with van der Waals surface area (Å²) in [7, 11) is 0. The third-order valence-corrected chi connectivity index (χ3v) is 4.99. The lowest BCUT2D eigenvalue weighted by atomic mass is 9.84. The van der Waals surface area contributed by atoms with Gasteiger partial charge in [-0.3, -0.25) is 0 Å². The molecule has 0 aliphatic heterocycles. The normalized spacial score (nSPS) is 24.3. The van der Waals surface area contributed by atoms with Crippen molar-refractivity contribution in [1.82, 2.24) is 10.2 Å².